The van der Waals surface area contributed by atoms with E-state index in [1.807, 2.05) is 0 Å². The maximum atomic E-state index is 5.76. The van der Waals surface area contributed by atoms with Crippen molar-refractivity contribution in [1.82, 2.24) is 4.90 Å². The lowest BCUT2D eigenvalue weighted by Gasteiger charge is -2.32. The summed E-state index contributed by atoms with van der Waals surface area (Å²) >= 11 is 0. The van der Waals surface area contributed by atoms with Crippen LogP contribution in [0.4, 0.5) is 0 Å². The molecule has 0 aromatic rings. The number of likely N-dealkylation sites (tertiary alicyclic amines) is 1. The molecule has 0 aliphatic carbocycles. The van der Waals surface area contributed by atoms with Gasteiger partial charge in [-0.05, 0) is 31.8 Å². The van der Waals surface area contributed by atoms with Crippen LogP contribution in [0.15, 0.2) is 0 Å². The lowest BCUT2D eigenvalue weighted by molar-refractivity contribution is -0.0471. The molecule has 3 nitrogen and oxygen atoms in total. The fourth-order valence-electron chi connectivity index (χ4n) is 2.43. The third kappa shape index (κ3) is 2.69. The number of hydrogen-bond donors (Lipinski definition) is 1. The maximum Gasteiger partial charge on any atom is 0.0528 e. The molecule has 2 aliphatic rings. The molecule has 14 heavy (non-hydrogen) atoms. The molecular formula is C11H22N2O. The summed E-state index contributed by atoms with van der Waals surface area (Å²) in [7, 11) is 0. The second-order valence-electron chi connectivity index (χ2n) is 4.76. The molecule has 2 heterocycles. The Kier molecular flexibility index (Phi) is 3.79. The summed E-state index contributed by atoms with van der Waals surface area (Å²) in [6, 6.07) is 0. The van der Waals surface area contributed by atoms with Crippen LogP contribution in [0.25, 0.3) is 0 Å². The van der Waals surface area contributed by atoms with Gasteiger partial charge in [0.1, 0.15) is 0 Å². The molecule has 2 saturated heterocycles. The molecule has 0 aromatic carbocycles. The highest BCUT2D eigenvalue weighted by Gasteiger charge is 2.24. The zero-order valence-corrected chi connectivity index (χ0v) is 8.95. The van der Waals surface area contributed by atoms with Gasteiger partial charge >= 0.3 is 0 Å². The Morgan fingerprint density at radius 2 is 2.07 bits per heavy atom. The van der Waals surface area contributed by atoms with Gasteiger partial charge in [0.2, 0.25) is 0 Å². The summed E-state index contributed by atoms with van der Waals surface area (Å²) < 4.78 is 5.21. The van der Waals surface area contributed by atoms with Gasteiger partial charge < -0.3 is 15.4 Å². The zero-order valence-electron chi connectivity index (χ0n) is 8.95. The van der Waals surface area contributed by atoms with Crippen LogP contribution >= 0.6 is 0 Å². The van der Waals surface area contributed by atoms with Crippen molar-refractivity contribution in [3.8, 4) is 0 Å². The Balaban J connectivity index is 1.76. The van der Waals surface area contributed by atoms with Crippen LogP contribution in [0.5, 0.6) is 0 Å². The number of nitrogens with two attached hydrogens (primary N) is 1. The Bertz CT molecular complexity index is 171. The molecule has 2 rings (SSSR count). The van der Waals surface area contributed by atoms with Crippen LogP contribution in [0.2, 0.25) is 0 Å². The largest absolute Gasteiger partial charge is 0.381 e. The minimum atomic E-state index is 0.735. The fourth-order valence-corrected chi connectivity index (χ4v) is 2.43. The Morgan fingerprint density at radius 1 is 1.21 bits per heavy atom. The van der Waals surface area contributed by atoms with Crippen LogP contribution in [-0.4, -0.2) is 44.3 Å². The zero-order chi connectivity index (χ0) is 9.80. The molecule has 2 aliphatic heterocycles. The van der Waals surface area contributed by atoms with Gasteiger partial charge in [-0.2, -0.15) is 0 Å². The summed E-state index contributed by atoms with van der Waals surface area (Å²) in [4.78, 5) is 2.59. The molecule has 0 radical (unpaired) electrons. The van der Waals surface area contributed by atoms with Gasteiger partial charge in [-0.3, -0.25) is 0 Å². The number of nitrogens with zero attached hydrogens (tertiary/aromatic N) is 1. The number of rotatable bonds is 3. The molecule has 0 amide bonds. The lowest BCUT2D eigenvalue weighted by atomic mass is 10.0. The molecular weight excluding hydrogens is 176 g/mol. The molecule has 3 heteroatoms. The highest BCUT2D eigenvalue weighted by atomic mass is 16.5. The first-order chi connectivity index (χ1) is 6.88. The van der Waals surface area contributed by atoms with Gasteiger partial charge in [0.25, 0.3) is 0 Å². The molecule has 82 valence electrons. The highest BCUT2D eigenvalue weighted by Crippen LogP contribution is 2.18. The van der Waals surface area contributed by atoms with Crippen molar-refractivity contribution in [2.24, 2.45) is 17.6 Å². The van der Waals surface area contributed by atoms with Crippen LogP contribution in [0, 0.1) is 11.8 Å². The molecule has 1 atom stereocenters. The first-order valence-electron chi connectivity index (χ1n) is 5.88. The van der Waals surface area contributed by atoms with Gasteiger partial charge in [-0.25, -0.2) is 0 Å². The predicted octanol–water partition coefficient (Wildman–Crippen LogP) is 0.694. The molecule has 2 fully saturated rings. The first kappa shape index (κ1) is 10.4. The lowest BCUT2D eigenvalue weighted by Crippen LogP contribution is -2.41. The van der Waals surface area contributed by atoms with Crippen molar-refractivity contribution in [3.05, 3.63) is 0 Å². The quantitative estimate of drug-likeness (QED) is 0.725. The second kappa shape index (κ2) is 5.10. The van der Waals surface area contributed by atoms with Crippen LogP contribution in [0.1, 0.15) is 19.3 Å². The monoisotopic (exact) mass is 198 g/mol. The van der Waals surface area contributed by atoms with Gasteiger partial charge in [0, 0.05) is 19.0 Å². The normalized spacial score (nSPS) is 31.1. The number of hydrogen-bond acceptors (Lipinski definition) is 3. The van der Waals surface area contributed by atoms with E-state index in [2.05, 4.69) is 4.90 Å². The molecule has 1 unspecified atom stereocenters. The standard InChI is InChI=1S/C11H22N2O/c12-5-10-3-1-2-4-13(6-10)7-11-8-14-9-11/h10-11H,1-9,12H2. The van der Waals surface area contributed by atoms with Crippen LogP contribution in [0.3, 0.4) is 0 Å². The smallest absolute Gasteiger partial charge is 0.0528 e. The van der Waals surface area contributed by atoms with E-state index in [4.69, 9.17) is 10.5 Å². The van der Waals surface area contributed by atoms with Crippen LogP contribution in [-0.2, 0) is 4.74 Å². The van der Waals surface area contributed by atoms with E-state index in [9.17, 15) is 0 Å². The van der Waals surface area contributed by atoms with Gasteiger partial charge in [-0.1, -0.05) is 6.42 Å². The van der Waals surface area contributed by atoms with E-state index in [1.165, 1.54) is 38.9 Å². The fraction of sp³-hybridized carbons (Fsp3) is 1.00. The van der Waals surface area contributed by atoms with Crippen molar-refractivity contribution in [2.75, 3.05) is 39.4 Å². The van der Waals surface area contributed by atoms with Gasteiger partial charge in [0.15, 0.2) is 0 Å². The molecule has 2 N–H and O–H groups in total. The van der Waals surface area contributed by atoms with Crippen molar-refractivity contribution in [1.29, 1.82) is 0 Å². The van der Waals surface area contributed by atoms with E-state index < -0.39 is 0 Å². The van der Waals surface area contributed by atoms with E-state index >= 15 is 0 Å². The van der Waals surface area contributed by atoms with Crippen molar-refractivity contribution < 1.29 is 4.74 Å². The SMILES string of the molecule is NCC1CCCCN(CC2COC2)C1. The molecule has 0 spiro atoms. The third-order valence-corrected chi connectivity index (χ3v) is 3.41. The minimum absolute atomic E-state index is 0.735. The average molecular weight is 198 g/mol. The Labute approximate surface area is 86.6 Å². The summed E-state index contributed by atoms with van der Waals surface area (Å²) in [6.07, 6.45) is 4.04. The van der Waals surface area contributed by atoms with Crippen molar-refractivity contribution in [3.63, 3.8) is 0 Å². The minimum Gasteiger partial charge on any atom is -0.381 e. The van der Waals surface area contributed by atoms with E-state index in [1.54, 1.807) is 0 Å². The third-order valence-electron chi connectivity index (χ3n) is 3.41. The summed E-state index contributed by atoms with van der Waals surface area (Å²) in [5.74, 6) is 1.53. The van der Waals surface area contributed by atoms with Gasteiger partial charge in [0.05, 0.1) is 13.2 Å². The van der Waals surface area contributed by atoms with E-state index in [-0.39, 0.29) is 0 Å². The Morgan fingerprint density at radius 3 is 2.71 bits per heavy atom. The summed E-state index contributed by atoms with van der Waals surface area (Å²) in [5, 5.41) is 0. The highest BCUT2D eigenvalue weighted by molar-refractivity contribution is 4.76. The number of ether oxygens (including phenoxy) is 1. The van der Waals surface area contributed by atoms with Crippen LogP contribution < -0.4 is 5.73 Å². The second-order valence-corrected chi connectivity index (χ2v) is 4.76. The molecule has 0 saturated carbocycles. The molecule has 0 bridgehead atoms. The Hall–Kier alpha value is -0.120. The average Bonchev–Trinajstić information content (AvgIpc) is 2.36. The summed E-state index contributed by atoms with van der Waals surface area (Å²) in [6.45, 7) is 6.53. The van der Waals surface area contributed by atoms with Crippen molar-refractivity contribution in [2.45, 2.75) is 19.3 Å². The topological polar surface area (TPSA) is 38.5 Å². The van der Waals surface area contributed by atoms with Crippen molar-refractivity contribution >= 4 is 0 Å². The molecule has 0 aromatic heterocycles. The predicted molar refractivity (Wildman–Crippen MR) is 57.1 cm³/mol. The summed E-state index contributed by atoms with van der Waals surface area (Å²) in [5.41, 5.74) is 5.76. The maximum absolute atomic E-state index is 5.76. The van der Waals surface area contributed by atoms with E-state index in [0.717, 1.165) is 31.6 Å². The van der Waals surface area contributed by atoms with E-state index in [0.29, 0.717) is 0 Å². The van der Waals surface area contributed by atoms with Gasteiger partial charge in [-0.15, -0.1) is 0 Å². The first-order valence-corrected chi connectivity index (χ1v) is 5.88.